The molecule has 118 valence electrons. The lowest BCUT2D eigenvalue weighted by atomic mass is 10.2. The van der Waals surface area contributed by atoms with Crippen molar-refractivity contribution < 1.29 is 4.74 Å². The molecule has 1 aromatic carbocycles. The minimum Gasteiger partial charge on any atom is -0.379 e. The average Bonchev–Trinajstić information content (AvgIpc) is 2.45. The van der Waals surface area contributed by atoms with E-state index in [2.05, 4.69) is 57.1 Å². The highest BCUT2D eigenvalue weighted by Crippen LogP contribution is 2.17. The van der Waals surface area contributed by atoms with Gasteiger partial charge >= 0.3 is 0 Å². The molecule has 0 bridgehead atoms. The van der Waals surface area contributed by atoms with E-state index in [0.717, 1.165) is 36.5 Å². The molecule has 21 heavy (non-hydrogen) atoms. The van der Waals surface area contributed by atoms with Gasteiger partial charge in [-0.1, -0.05) is 34.1 Å². The van der Waals surface area contributed by atoms with Gasteiger partial charge < -0.3 is 15.0 Å². The van der Waals surface area contributed by atoms with Crippen LogP contribution in [-0.2, 0) is 11.3 Å². The molecule has 0 fully saturated rings. The van der Waals surface area contributed by atoms with Gasteiger partial charge in [0, 0.05) is 38.3 Å². The van der Waals surface area contributed by atoms with Crippen LogP contribution in [0.25, 0.3) is 0 Å². The van der Waals surface area contributed by atoms with Gasteiger partial charge in [-0.25, -0.2) is 0 Å². The quantitative estimate of drug-likeness (QED) is 0.463. The molecular weight excluding hydrogens is 330 g/mol. The second-order valence-electron chi connectivity index (χ2n) is 5.19. The smallest absolute Gasteiger partial charge is 0.193 e. The van der Waals surface area contributed by atoms with Crippen molar-refractivity contribution in [2.75, 3.05) is 27.2 Å². The first-order valence-electron chi connectivity index (χ1n) is 7.31. The van der Waals surface area contributed by atoms with E-state index >= 15 is 0 Å². The molecular formula is C16H26BrN3O. The molecule has 0 heterocycles. The van der Waals surface area contributed by atoms with Crippen LogP contribution in [0, 0.1) is 0 Å². The number of aliphatic imine (C=N–C) groups is 1. The lowest BCUT2D eigenvalue weighted by molar-refractivity contribution is 0.0776. The standard InChI is InChI=1S/C16H26BrN3O/c1-13(2)21-11-7-10-19-16(18-3)20(4)12-14-8-5-6-9-15(14)17/h5-6,8-9,13H,7,10-12H2,1-4H3,(H,18,19). The van der Waals surface area contributed by atoms with Crippen molar-refractivity contribution in [2.45, 2.75) is 32.9 Å². The number of ether oxygens (including phenoxy) is 1. The molecule has 1 N–H and O–H groups in total. The molecule has 1 aromatic rings. The van der Waals surface area contributed by atoms with Crippen LogP contribution in [-0.4, -0.2) is 44.2 Å². The van der Waals surface area contributed by atoms with E-state index in [9.17, 15) is 0 Å². The predicted molar refractivity (Wildman–Crippen MR) is 92.7 cm³/mol. The van der Waals surface area contributed by atoms with Gasteiger partial charge in [-0.3, -0.25) is 4.99 Å². The van der Waals surface area contributed by atoms with Gasteiger partial charge in [0.15, 0.2) is 5.96 Å². The highest BCUT2D eigenvalue weighted by Gasteiger charge is 2.08. The number of guanidine groups is 1. The highest BCUT2D eigenvalue weighted by atomic mass is 79.9. The molecule has 0 aliphatic rings. The number of benzene rings is 1. The summed E-state index contributed by atoms with van der Waals surface area (Å²) in [6, 6.07) is 8.25. The summed E-state index contributed by atoms with van der Waals surface area (Å²) in [5, 5.41) is 3.36. The van der Waals surface area contributed by atoms with Gasteiger partial charge in [0.25, 0.3) is 0 Å². The van der Waals surface area contributed by atoms with Crippen LogP contribution in [0.1, 0.15) is 25.8 Å². The van der Waals surface area contributed by atoms with Crippen LogP contribution in [0.4, 0.5) is 0 Å². The monoisotopic (exact) mass is 355 g/mol. The van der Waals surface area contributed by atoms with Crippen molar-refractivity contribution in [3.8, 4) is 0 Å². The van der Waals surface area contributed by atoms with E-state index in [1.54, 1.807) is 0 Å². The first kappa shape index (κ1) is 18.0. The van der Waals surface area contributed by atoms with Gasteiger partial charge in [0.2, 0.25) is 0 Å². The van der Waals surface area contributed by atoms with E-state index < -0.39 is 0 Å². The normalized spacial score (nSPS) is 11.8. The van der Waals surface area contributed by atoms with Crippen molar-refractivity contribution in [3.05, 3.63) is 34.3 Å². The summed E-state index contributed by atoms with van der Waals surface area (Å²) in [6.07, 6.45) is 1.27. The Morgan fingerprint density at radius 3 is 2.71 bits per heavy atom. The molecule has 1 rings (SSSR count). The Balaban J connectivity index is 2.40. The Morgan fingerprint density at radius 2 is 2.10 bits per heavy atom. The molecule has 0 aliphatic carbocycles. The van der Waals surface area contributed by atoms with Gasteiger partial charge in [-0.05, 0) is 31.9 Å². The third kappa shape index (κ3) is 6.96. The van der Waals surface area contributed by atoms with E-state index in [4.69, 9.17) is 4.74 Å². The molecule has 0 spiro atoms. The third-order valence-corrected chi connectivity index (χ3v) is 3.77. The second kappa shape index (κ2) is 9.79. The number of rotatable bonds is 7. The van der Waals surface area contributed by atoms with E-state index in [1.165, 1.54) is 5.56 Å². The van der Waals surface area contributed by atoms with Crippen LogP contribution < -0.4 is 5.32 Å². The van der Waals surface area contributed by atoms with Crippen LogP contribution in [0.3, 0.4) is 0 Å². The van der Waals surface area contributed by atoms with Crippen LogP contribution in [0.15, 0.2) is 33.7 Å². The molecule has 0 atom stereocenters. The minimum atomic E-state index is 0.294. The van der Waals surface area contributed by atoms with E-state index in [-0.39, 0.29) is 0 Å². The molecule has 0 aliphatic heterocycles. The molecule has 0 radical (unpaired) electrons. The van der Waals surface area contributed by atoms with Crippen molar-refractivity contribution in [1.82, 2.24) is 10.2 Å². The summed E-state index contributed by atoms with van der Waals surface area (Å²) in [5.74, 6) is 0.898. The topological polar surface area (TPSA) is 36.9 Å². The van der Waals surface area contributed by atoms with Crippen molar-refractivity contribution >= 4 is 21.9 Å². The molecule has 0 saturated heterocycles. The zero-order valence-corrected chi connectivity index (χ0v) is 15.0. The Morgan fingerprint density at radius 1 is 1.38 bits per heavy atom. The SMILES string of the molecule is CN=C(NCCCOC(C)C)N(C)Cc1ccccc1Br. The Kier molecular flexibility index (Phi) is 8.38. The molecule has 5 heteroatoms. The lowest BCUT2D eigenvalue weighted by Gasteiger charge is -2.22. The fraction of sp³-hybridized carbons (Fsp3) is 0.562. The summed E-state index contributed by atoms with van der Waals surface area (Å²) < 4.78 is 6.65. The highest BCUT2D eigenvalue weighted by molar-refractivity contribution is 9.10. The Bertz CT molecular complexity index is 449. The maximum atomic E-state index is 5.53. The summed E-state index contributed by atoms with van der Waals surface area (Å²) in [5.41, 5.74) is 1.24. The van der Waals surface area contributed by atoms with Crippen LogP contribution in [0.2, 0.25) is 0 Å². The van der Waals surface area contributed by atoms with Crippen molar-refractivity contribution in [2.24, 2.45) is 4.99 Å². The fourth-order valence-corrected chi connectivity index (χ4v) is 2.34. The van der Waals surface area contributed by atoms with Gasteiger partial charge in [-0.2, -0.15) is 0 Å². The third-order valence-electron chi connectivity index (χ3n) is 2.99. The molecule has 0 unspecified atom stereocenters. The summed E-state index contributed by atoms with van der Waals surface area (Å²) in [4.78, 5) is 6.44. The molecule has 4 nitrogen and oxygen atoms in total. The Hall–Kier alpha value is -1.07. The number of nitrogens with zero attached hydrogens (tertiary/aromatic N) is 2. The number of hydrogen-bond acceptors (Lipinski definition) is 2. The zero-order chi connectivity index (χ0) is 15.7. The Labute approximate surface area is 136 Å². The lowest BCUT2D eigenvalue weighted by Crippen LogP contribution is -2.39. The average molecular weight is 356 g/mol. The van der Waals surface area contributed by atoms with Crippen molar-refractivity contribution in [3.63, 3.8) is 0 Å². The van der Waals surface area contributed by atoms with E-state index in [1.807, 2.05) is 26.2 Å². The van der Waals surface area contributed by atoms with E-state index in [0.29, 0.717) is 6.10 Å². The molecule has 0 amide bonds. The number of nitrogens with one attached hydrogen (secondary N) is 1. The predicted octanol–water partition coefficient (Wildman–Crippen LogP) is 3.27. The van der Waals surface area contributed by atoms with Gasteiger partial charge in [-0.15, -0.1) is 0 Å². The first-order chi connectivity index (χ1) is 10.0. The molecule has 0 saturated carbocycles. The largest absolute Gasteiger partial charge is 0.379 e. The van der Waals surface area contributed by atoms with Crippen LogP contribution in [0.5, 0.6) is 0 Å². The maximum Gasteiger partial charge on any atom is 0.193 e. The van der Waals surface area contributed by atoms with Gasteiger partial charge in [0.05, 0.1) is 6.10 Å². The van der Waals surface area contributed by atoms with Crippen molar-refractivity contribution in [1.29, 1.82) is 0 Å². The minimum absolute atomic E-state index is 0.294. The van der Waals surface area contributed by atoms with Gasteiger partial charge in [0.1, 0.15) is 0 Å². The molecule has 0 aromatic heterocycles. The van der Waals surface area contributed by atoms with Crippen LogP contribution >= 0.6 is 15.9 Å². The first-order valence-corrected chi connectivity index (χ1v) is 8.10. The summed E-state index contributed by atoms with van der Waals surface area (Å²) in [7, 11) is 3.85. The number of halogens is 1. The summed E-state index contributed by atoms with van der Waals surface area (Å²) in [6.45, 7) is 6.55. The maximum absolute atomic E-state index is 5.53. The fourth-order valence-electron chi connectivity index (χ4n) is 1.93. The summed E-state index contributed by atoms with van der Waals surface area (Å²) >= 11 is 3.58. The second-order valence-corrected chi connectivity index (χ2v) is 6.05. The number of hydrogen-bond donors (Lipinski definition) is 1. The zero-order valence-electron chi connectivity index (χ0n) is 13.4.